The number of nitro groups is 1. The molecule has 0 unspecified atom stereocenters. The van der Waals surface area contributed by atoms with Gasteiger partial charge in [-0.05, 0) is 37.1 Å². The molecule has 28 heavy (non-hydrogen) atoms. The second-order valence-corrected chi connectivity index (χ2v) is 6.53. The second kappa shape index (κ2) is 9.46. The van der Waals surface area contributed by atoms with E-state index >= 15 is 0 Å². The topological polar surface area (TPSA) is 63.4 Å². The average Bonchev–Trinajstić information content (AvgIpc) is 3.30. The number of nitro benzene ring substituents is 1. The van der Waals surface area contributed by atoms with Gasteiger partial charge in [-0.15, -0.1) is 0 Å². The van der Waals surface area contributed by atoms with Crippen LogP contribution in [-0.4, -0.2) is 23.8 Å². The SMILES string of the molecule is O=C(c1ccccc1)c1ccc([N+](=O)[O-])cc1.c1ccc(N2CCCC2)cc1. The predicted molar refractivity (Wildman–Crippen MR) is 111 cm³/mol. The highest BCUT2D eigenvalue weighted by atomic mass is 16.6. The highest BCUT2D eigenvalue weighted by Crippen LogP contribution is 2.18. The van der Waals surface area contributed by atoms with Crippen LogP contribution in [0, 0.1) is 10.1 Å². The Bertz CT molecular complexity index is 904. The van der Waals surface area contributed by atoms with E-state index in [0.29, 0.717) is 11.1 Å². The van der Waals surface area contributed by atoms with Crippen molar-refractivity contribution in [1.82, 2.24) is 0 Å². The summed E-state index contributed by atoms with van der Waals surface area (Å²) in [6.45, 7) is 2.48. The van der Waals surface area contributed by atoms with Gasteiger partial charge in [0.25, 0.3) is 5.69 Å². The van der Waals surface area contributed by atoms with Gasteiger partial charge in [0.1, 0.15) is 0 Å². The van der Waals surface area contributed by atoms with E-state index < -0.39 is 4.92 Å². The Balaban J connectivity index is 0.000000176. The van der Waals surface area contributed by atoms with Crippen molar-refractivity contribution in [2.24, 2.45) is 0 Å². The number of carbonyl (C=O) groups is 1. The standard InChI is InChI=1S/C13H9NO3.C10H13N/c15-13(10-4-2-1-3-5-10)11-6-8-12(9-7-11)14(16)17;1-2-6-10(7-3-1)11-8-4-5-9-11/h1-9H;1-3,6-7H,4-5,8-9H2. The lowest BCUT2D eigenvalue weighted by atomic mass is 10.0. The molecule has 1 aliphatic rings. The fraction of sp³-hybridized carbons (Fsp3) is 0.174. The largest absolute Gasteiger partial charge is 0.372 e. The zero-order valence-corrected chi connectivity index (χ0v) is 15.5. The van der Waals surface area contributed by atoms with Gasteiger partial charge in [-0.1, -0.05) is 48.5 Å². The number of non-ortho nitro benzene ring substituents is 1. The first-order chi connectivity index (χ1) is 13.6. The Morgan fingerprint density at radius 3 is 1.79 bits per heavy atom. The van der Waals surface area contributed by atoms with Gasteiger partial charge in [-0.3, -0.25) is 14.9 Å². The molecule has 0 saturated carbocycles. The maximum atomic E-state index is 12.0. The number of hydrogen-bond donors (Lipinski definition) is 0. The van der Waals surface area contributed by atoms with Crippen LogP contribution in [0.1, 0.15) is 28.8 Å². The van der Waals surface area contributed by atoms with Crippen LogP contribution >= 0.6 is 0 Å². The molecule has 0 atom stereocenters. The fourth-order valence-electron chi connectivity index (χ4n) is 3.10. The van der Waals surface area contributed by atoms with Crippen LogP contribution in [0.2, 0.25) is 0 Å². The lowest BCUT2D eigenvalue weighted by Crippen LogP contribution is -2.16. The van der Waals surface area contributed by atoms with E-state index in [1.54, 1.807) is 24.3 Å². The highest BCUT2D eigenvalue weighted by Gasteiger charge is 2.11. The van der Waals surface area contributed by atoms with Crippen molar-refractivity contribution in [2.75, 3.05) is 18.0 Å². The molecule has 3 aromatic carbocycles. The van der Waals surface area contributed by atoms with Crippen molar-refractivity contribution in [1.29, 1.82) is 0 Å². The third-order valence-corrected chi connectivity index (χ3v) is 4.60. The molecule has 4 rings (SSSR count). The van der Waals surface area contributed by atoms with Crippen molar-refractivity contribution in [2.45, 2.75) is 12.8 Å². The zero-order chi connectivity index (χ0) is 19.8. The molecule has 0 amide bonds. The molecule has 3 aromatic rings. The maximum absolute atomic E-state index is 12.0. The summed E-state index contributed by atoms with van der Waals surface area (Å²) in [6.07, 6.45) is 2.71. The van der Waals surface area contributed by atoms with Crippen LogP contribution in [0.15, 0.2) is 84.9 Å². The minimum atomic E-state index is -0.489. The Labute approximate surface area is 164 Å². The summed E-state index contributed by atoms with van der Waals surface area (Å²) in [5.41, 5.74) is 2.38. The summed E-state index contributed by atoms with van der Waals surface area (Å²) < 4.78 is 0. The molecule has 1 fully saturated rings. The third kappa shape index (κ3) is 5.04. The minimum absolute atomic E-state index is 0.0189. The van der Waals surface area contributed by atoms with Crippen LogP contribution in [0.3, 0.4) is 0 Å². The van der Waals surface area contributed by atoms with Crippen LogP contribution in [0.4, 0.5) is 11.4 Å². The van der Waals surface area contributed by atoms with Gasteiger partial charge < -0.3 is 4.90 Å². The minimum Gasteiger partial charge on any atom is -0.372 e. The first kappa shape index (κ1) is 19.3. The summed E-state index contributed by atoms with van der Waals surface area (Å²) >= 11 is 0. The number of para-hydroxylation sites is 1. The first-order valence-electron chi connectivity index (χ1n) is 9.29. The van der Waals surface area contributed by atoms with Gasteiger partial charge in [-0.25, -0.2) is 0 Å². The number of carbonyl (C=O) groups excluding carboxylic acids is 1. The Hall–Kier alpha value is -3.47. The highest BCUT2D eigenvalue weighted by molar-refractivity contribution is 6.09. The lowest BCUT2D eigenvalue weighted by molar-refractivity contribution is -0.384. The number of ketones is 1. The summed E-state index contributed by atoms with van der Waals surface area (Å²) in [5, 5.41) is 10.5. The number of hydrogen-bond acceptors (Lipinski definition) is 4. The Morgan fingerprint density at radius 1 is 0.750 bits per heavy atom. The van der Waals surface area contributed by atoms with Crippen LogP contribution in [0.25, 0.3) is 0 Å². The molecule has 142 valence electrons. The molecule has 5 nitrogen and oxygen atoms in total. The van der Waals surface area contributed by atoms with Crippen LogP contribution in [-0.2, 0) is 0 Å². The fourth-order valence-corrected chi connectivity index (χ4v) is 3.10. The Kier molecular flexibility index (Phi) is 6.52. The van der Waals surface area contributed by atoms with E-state index in [9.17, 15) is 14.9 Å². The van der Waals surface area contributed by atoms with E-state index in [-0.39, 0.29) is 11.5 Å². The van der Waals surface area contributed by atoms with Crippen molar-refractivity contribution in [3.63, 3.8) is 0 Å². The van der Waals surface area contributed by atoms with E-state index in [0.717, 1.165) is 0 Å². The molecule has 5 heteroatoms. The molecular formula is C23H22N2O3. The first-order valence-corrected chi connectivity index (χ1v) is 9.29. The van der Waals surface area contributed by atoms with E-state index in [1.165, 1.54) is 55.9 Å². The smallest absolute Gasteiger partial charge is 0.269 e. The van der Waals surface area contributed by atoms with E-state index in [2.05, 4.69) is 35.2 Å². The van der Waals surface area contributed by atoms with Crippen LogP contribution < -0.4 is 4.90 Å². The third-order valence-electron chi connectivity index (χ3n) is 4.60. The number of benzene rings is 3. The number of nitrogens with zero attached hydrogens (tertiary/aromatic N) is 2. The average molecular weight is 374 g/mol. The van der Waals surface area contributed by atoms with E-state index in [4.69, 9.17) is 0 Å². The van der Waals surface area contributed by atoms with Gasteiger partial charge in [0.05, 0.1) is 4.92 Å². The monoisotopic (exact) mass is 374 g/mol. The molecule has 1 heterocycles. The van der Waals surface area contributed by atoms with Crippen molar-refractivity contribution < 1.29 is 9.72 Å². The predicted octanol–water partition coefficient (Wildman–Crippen LogP) is 5.11. The molecule has 1 saturated heterocycles. The van der Waals surface area contributed by atoms with Gasteiger partial charge in [0, 0.05) is 42.0 Å². The van der Waals surface area contributed by atoms with Gasteiger partial charge in [-0.2, -0.15) is 0 Å². The van der Waals surface area contributed by atoms with Crippen molar-refractivity contribution in [3.05, 3.63) is 106 Å². The van der Waals surface area contributed by atoms with Gasteiger partial charge in [0.2, 0.25) is 0 Å². The molecule has 0 N–H and O–H groups in total. The number of anilines is 1. The summed E-state index contributed by atoms with van der Waals surface area (Å²) in [4.78, 5) is 24.4. The molecular weight excluding hydrogens is 352 g/mol. The molecule has 0 aromatic heterocycles. The van der Waals surface area contributed by atoms with Crippen molar-refractivity contribution in [3.8, 4) is 0 Å². The quantitative estimate of drug-likeness (QED) is 0.361. The molecule has 0 bridgehead atoms. The second-order valence-electron chi connectivity index (χ2n) is 6.53. The van der Waals surface area contributed by atoms with Crippen LogP contribution in [0.5, 0.6) is 0 Å². The van der Waals surface area contributed by atoms with Gasteiger partial charge in [0.15, 0.2) is 5.78 Å². The Morgan fingerprint density at radius 2 is 1.25 bits per heavy atom. The van der Waals surface area contributed by atoms with E-state index in [1.807, 2.05) is 6.07 Å². The summed E-state index contributed by atoms with van der Waals surface area (Å²) in [6, 6.07) is 25.0. The normalized spacial score (nSPS) is 12.8. The maximum Gasteiger partial charge on any atom is 0.269 e. The summed E-state index contributed by atoms with van der Waals surface area (Å²) in [5.74, 6) is -0.138. The molecule has 0 spiro atoms. The molecule has 0 aliphatic carbocycles. The lowest BCUT2D eigenvalue weighted by Gasteiger charge is -2.16. The summed E-state index contributed by atoms with van der Waals surface area (Å²) in [7, 11) is 0. The molecule has 0 radical (unpaired) electrons. The van der Waals surface area contributed by atoms with Gasteiger partial charge >= 0.3 is 0 Å². The van der Waals surface area contributed by atoms with Crippen molar-refractivity contribution >= 4 is 17.2 Å². The zero-order valence-electron chi connectivity index (χ0n) is 15.5. The number of rotatable bonds is 4. The molecule has 1 aliphatic heterocycles.